The molecule has 1 aliphatic carbocycles. The van der Waals surface area contributed by atoms with Crippen molar-refractivity contribution in [3.05, 3.63) is 60.5 Å². The zero-order chi connectivity index (χ0) is 13.9. The van der Waals surface area contributed by atoms with E-state index in [0.29, 0.717) is 0 Å². The third-order valence-corrected chi connectivity index (χ3v) is 2.70. The van der Waals surface area contributed by atoms with E-state index in [0.717, 1.165) is 0 Å². The molecule has 1 heterocycles. The van der Waals surface area contributed by atoms with Crippen molar-refractivity contribution in [2.75, 3.05) is 0 Å². The molecule has 0 aromatic heterocycles. The summed E-state index contributed by atoms with van der Waals surface area (Å²) in [5, 5.41) is 0. The number of carbonyl (C=O) groups is 1. The highest BCUT2D eigenvalue weighted by molar-refractivity contribution is 5.71. The molecule has 1 atom stereocenters. The molecule has 1 unspecified atom stereocenters. The number of hydrogen-bond donors (Lipinski definition) is 0. The van der Waals surface area contributed by atoms with Gasteiger partial charge in [-0.05, 0) is 32.4 Å². The Hall–Kier alpha value is -2.03. The quantitative estimate of drug-likeness (QED) is 0.658. The summed E-state index contributed by atoms with van der Waals surface area (Å²) >= 11 is 0. The molecule has 0 bridgehead atoms. The van der Waals surface area contributed by atoms with Gasteiger partial charge in [0.15, 0.2) is 0 Å². The Bertz CT molecular complexity index is 501. The van der Waals surface area contributed by atoms with Crippen LogP contribution in [0.2, 0.25) is 0 Å². The van der Waals surface area contributed by atoms with Gasteiger partial charge in [-0.15, -0.1) is 0 Å². The summed E-state index contributed by atoms with van der Waals surface area (Å²) in [5.74, 6) is 0.208. The largest absolute Gasteiger partial charge is 0.443 e. The Morgan fingerprint density at radius 3 is 2.68 bits per heavy atom. The predicted octanol–water partition coefficient (Wildman–Crippen LogP) is 3.93. The fourth-order valence-corrected chi connectivity index (χ4v) is 1.83. The monoisotopic (exact) mass is 257 g/mol. The van der Waals surface area contributed by atoms with Crippen LogP contribution in [-0.4, -0.2) is 16.6 Å². The molecule has 1 aliphatic heterocycles. The van der Waals surface area contributed by atoms with Crippen molar-refractivity contribution in [2.24, 2.45) is 5.92 Å². The maximum Gasteiger partial charge on any atom is 0.418 e. The van der Waals surface area contributed by atoms with Crippen LogP contribution in [0.25, 0.3) is 0 Å². The number of fused-ring (bicyclic) bond motifs is 1. The van der Waals surface area contributed by atoms with Crippen molar-refractivity contribution in [3.8, 4) is 0 Å². The third kappa shape index (κ3) is 3.71. The average molecular weight is 257 g/mol. The van der Waals surface area contributed by atoms with Crippen molar-refractivity contribution in [2.45, 2.75) is 26.4 Å². The lowest BCUT2D eigenvalue weighted by atomic mass is 9.94. The van der Waals surface area contributed by atoms with Crippen LogP contribution in [0.3, 0.4) is 0 Å². The molecular formula is C16H19NO2. The maximum absolute atomic E-state index is 12.0. The zero-order valence-corrected chi connectivity index (χ0v) is 11.5. The highest BCUT2D eigenvalue weighted by Gasteiger charge is 2.20. The van der Waals surface area contributed by atoms with Crippen LogP contribution in [0.4, 0.5) is 4.79 Å². The molecule has 100 valence electrons. The summed E-state index contributed by atoms with van der Waals surface area (Å²) in [6.07, 6.45) is 17.1. The van der Waals surface area contributed by atoms with E-state index in [1.807, 2.05) is 51.2 Å². The molecule has 0 spiro atoms. The molecule has 0 fully saturated rings. The van der Waals surface area contributed by atoms with Crippen LogP contribution in [0.15, 0.2) is 60.5 Å². The van der Waals surface area contributed by atoms with E-state index in [9.17, 15) is 4.79 Å². The summed E-state index contributed by atoms with van der Waals surface area (Å²) in [7, 11) is 0. The molecular weight excluding hydrogens is 238 g/mol. The van der Waals surface area contributed by atoms with E-state index in [1.54, 1.807) is 12.4 Å². The second-order valence-electron chi connectivity index (χ2n) is 5.51. The first-order chi connectivity index (χ1) is 8.96. The van der Waals surface area contributed by atoms with Gasteiger partial charge in [0.2, 0.25) is 0 Å². The number of allylic oxidation sites excluding steroid dienone is 8. The molecule has 0 aromatic carbocycles. The van der Waals surface area contributed by atoms with Gasteiger partial charge in [0.05, 0.1) is 0 Å². The Balaban J connectivity index is 2.15. The second-order valence-corrected chi connectivity index (χ2v) is 5.51. The Labute approximate surface area is 114 Å². The van der Waals surface area contributed by atoms with Crippen LogP contribution in [0.1, 0.15) is 20.8 Å². The molecule has 1 amide bonds. The van der Waals surface area contributed by atoms with Gasteiger partial charge in [-0.25, -0.2) is 4.79 Å². The van der Waals surface area contributed by atoms with Gasteiger partial charge in [-0.1, -0.05) is 36.5 Å². The van der Waals surface area contributed by atoms with Crippen LogP contribution in [0.5, 0.6) is 0 Å². The van der Waals surface area contributed by atoms with E-state index in [1.165, 1.54) is 10.5 Å². The van der Waals surface area contributed by atoms with E-state index >= 15 is 0 Å². The molecule has 19 heavy (non-hydrogen) atoms. The molecule has 0 radical (unpaired) electrons. The fourth-order valence-electron chi connectivity index (χ4n) is 1.83. The van der Waals surface area contributed by atoms with Gasteiger partial charge in [0, 0.05) is 18.3 Å². The van der Waals surface area contributed by atoms with Crippen molar-refractivity contribution >= 4 is 6.09 Å². The van der Waals surface area contributed by atoms with Crippen LogP contribution < -0.4 is 0 Å². The lowest BCUT2D eigenvalue weighted by molar-refractivity contribution is 0.0399. The Morgan fingerprint density at radius 1 is 1.16 bits per heavy atom. The van der Waals surface area contributed by atoms with E-state index < -0.39 is 5.60 Å². The van der Waals surface area contributed by atoms with Gasteiger partial charge in [0.25, 0.3) is 0 Å². The normalized spacial score (nSPS) is 21.5. The first-order valence-corrected chi connectivity index (χ1v) is 6.39. The summed E-state index contributed by atoms with van der Waals surface area (Å²) < 4.78 is 5.34. The maximum atomic E-state index is 12.0. The smallest absolute Gasteiger partial charge is 0.418 e. The minimum absolute atomic E-state index is 0.208. The summed E-state index contributed by atoms with van der Waals surface area (Å²) in [4.78, 5) is 13.5. The van der Waals surface area contributed by atoms with Crippen LogP contribution in [0, 0.1) is 5.92 Å². The van der Waals surface area contributed by atoms with Crippen molar-refractivity contribution in [3.63, 3.8) is 0 Å². The van der Waals surface area contributed by atoms with Gasteiger partial charge in [-0.3, -0.25) is 4.90 Å². The number of carbonyl (C=O) groups excluding carboxylic acids is 1. The highest BCUT2D eigenvalue weighted by atomic mass is 16.6. The number of amides is 1. The minimum atomic E-state index is -0.490. The second kappa shape index (κ2) is 5.31. The standard InChI is InChI=1S/C16H19NO2/c1-16(2,3)19-15(18)17-11-6-9-13-7-4-5-8-14(13)10-12-17/h4-12,14H,1-3H3. The van der Waals surface area contributed by atoms with Crippen molar-refractivity contribution < 1.29 is 9.53 Å². The predicted molar refractivity (Wildman–Crippen MR) is 76.2 cm³/mol. The summed E-state index contributed by atoms with van der Waals surface area (Å²) in [6, 6.07) is 0. The first kappa shape index (κ1) is 13.4. The molecule has 3 nitrogen and oxygen atoms in total. The van der Waals surface area contributed by atoms with E-state index in [2.05, 4.69) is 12.2 Å². The minimum Gasteiger partial charge on any atom is -0.443 e. The topological polar surface area (TPSA) is 29.5 Å². The average Bonchev–Trinajstić information content (AvgIpc) is 2.27. The highest BCUT2D eigenvalue weighted by Crippen LogP contribution is 2.22. The van der Waals surface area contributed by atoms with Gasteiger partial charge in [-0.2, -0.15) is 0 Å². The third-order valence-electron chi connectivity index (χ3n) is 2.70. The van der Waals surface area contributed by atoms with Crippen LogP contribution in [-0.2, 0) is 4.74 Å². The summed E-state index contributed by atoms with van der Waals surface area (Å²) in [5.41, 5.74) is 0.717. The first-order valence-electron chi connectivity index (χ1n) is 6.39. The van der Waals surface area contributed by atoms with Crippen molar-refractivity contribution in [1.82, 2.24) is 4.90 Å². The number of nitrogens with zero attached hydrogens (tertiary/aromatic N) is 1. The molecule has 3 heteroatoms. The molecule has 0 N–H and O–H groups in total. The van der Waals surface area contributed by atoms with Gasteiger partial charge >= 0.3 is 6.09 Å². The molecule has 2 rings (SSSR count). The van der Waals surface area contributed by atoms with Gasteiger partial charge in [0.1, 0.15) is 5.60 Å². The van der Waals surface area contributed by atoms with E-state index in [4.69, 9.17) is 4.74 Å². The Morgan fingerprint density at radius 2 is 1.95 bits per heavy atom. The molecule has 0 aromatic rings. The molecule has 0 saturated carbocycles. The molecule has 2 aliphatic rings. The Kier molecular flexibility index (Phi) is 3.74. The van der Waals surface area contributed by atoms with Crippen molar-refractivity contribution in [1.29, 1.82) is 0 Å². The lowest BCUT2D eigenvalue weighted by Gasteiger charge is -2.24. The zero-order valence-electron chi connectivity index (χ0n) is 11.5. The number of rotatable bonds is 0. The fraction of sp³-hybridized carbons (Fsp3) is 0.312. The van der Waals surface area contributed by atoms with Gasteiger partial charge < -0.3 is 4.74 Å². The SMILES string of the molecule is CC(C)(C)OC(=O)N1C=CC=C2C=CC=CC2C=C1. The number of ether oxygens (including phenoxy) is 1. The molecule has 0 saturated heterocycles. The lowest BCUT2D eigenvalue weighted by Crippen LogP contribution is -2.31. The number of hydrogen-bond acceptors (Lipinski definition) is 2. The van der Waals surface area contributed by atoms with E-state index in [-0.39, 0.29) is 12.0 Å². The summed E-state index contributed by atoms with van der Waals surface area (Å²) in [6.45, 7) is 5.57. The van der Waals surface area contributed by atoms with Crippen LogP contribution >= 0.6 is 0 Å².